The second-order valence-corrected chi connectivity index (χ2v) is 12.4. The fourth-order valence-corrected chi connectivity index (χ4v) is 5.99. The normalized spacial score (nSPS) is 17.4. The molecule has 208 valence electrons. The third-order valence-electron chi connectivity index (χ3n) is 7.51. The second kappa shape index (κ2) is 10.7. The maximum Gasteiger partial charge on any atom is 0.274 e. The summed E-state index contributed by atoms with van der Waals surface area (Å²) in [6, 6.07) is 6.63. The number of ether oxygens (including phenoxy) is 2. The van der Waals surface area contributed by atoms with Crippen LogP contribution >= 0.6 is 0 Å². The van der Waals surface area contributed by atoms with E-state index in [2.05, 4.69) is 19.9 Å². The van der Waals surface area contributed by atoms with Crippen LogP contribution < -0.4 is 10.3 Å². The molecule has 2 aliphatic rings. The number of aryl methyl sites for hydroxylation is 2. The minimum Gasteiger partial charge on any atom is -0.480 e. The fourth-order valence-electron chi connectivity index (χ4n) is 5.11. The lowest BCUT2D eigenvalue weighted by Crippen LogP contribution is -2.30. The van der Waals surface area contributed by atoms with Crippen molar-refractivity contribution in [2.45, 2.75) is 55.9 Å². The van der Waals surface area contributed by atoms with Gasteiger partial charge < -0.3 is 9.47 Å². The van der Waals surface area contributed by atoms with Crippen molar-refractivity contribution in [1.29, 1.82) is 0 Å². The molecular weight excluding hydrogens is 532 g/mol. The Balaban J connectivity index is 1.39. The second-order valence-electron chi connectivity index (χ2n) is 10.1. The van der Waals surface area contributed by atoms with Gasteiger partial charge in [-0.25, -0.2) is 33.3 Å². The smallest absolute Gasteiger partial charge is 0.274 e. The summed E-state index contributed by atoms with van der Waals surface area (Å²) in [7, 11) is -1.71. The number of hydrogen-bond acceptors (Lipinski definition) is 10. The van der Waals surface area contributed by atoms with E-state index in [1.54, 1.807) is 49.1 Å². The Hall–Kier alpha value is -3.77. The molecule has 1 saturated heterocycles. The predicted octanol–water partition coefficient (Wildman–Crippen LogP) is 3.07. The molecule has 1 aromatic carbocycles. The molecule has 4 heterocycles. The first-order valence-electron chi connectivity index (χ1n) is 13.5. The molecule has 3 aromatic heterocycles. The summed E-state index contributed by atoms with van der Waals surface area (Å²) >= 11 is 0. The Bertz CT molecular complexity index is 1730. The van der Waals surface area contributed by atoms with Gasteiger partial charge >= 0.3 is 0 Å². The standard InChI is InChI=1S/C28H30N6O5S/c1-3-40(36,37)20-9-4-17(5-10-20)6-11-21-28(35)34(19-12-13-39-15-19)26-22(32-21)14-29-25(33-26)23-24(18-7-8-18)30-16-31-27(23)38-2/h4-5,9-10,14,16,18-19H,3,6-8,11-13,15H2,1-2H3/t19-/m0/s1. The number of hydrogen-bond donors (Lipinski definition) is 0. The largest absolute Gasteiger partial charge is 0.480 e. The van der Waals surface area contributed by atoms with Crippen LogP contribution in [0.3, 0.4) is 0 Å². The van der Waals surface area contributed by atoms with Gasteiger partial charge in [0.25, 0.3) is 5.56 Å². The molecule has 1 saturated carbocycles. The maximum absolute atomic E-state index is 13.8. The van der Waals surface area contributed by atoms with Gasteiger partial charge in [-0.15, -0.1) is 0 Å². The molecule has 6 rings (SSSR count). The van der Waals surface area contributed by atoms with E-state index < -0.39 is 9.84 Å². The molecule has 0 unspecified atom stereocenters. The first-order valence-corrected chi connectivity index (χ1v) is 15.1. The zero-order valence-corrected chi connectivity index (χ0v) is 23.2. The van der Waals surface area contributed by atoms with Crippen LogP contribution in [-0.2, 0) is 27.4 Å². The summed E-state index contributed by atoms with van der Waals surface area (Å²) in [5.41, 5.74) is 3.56. The maximum atomic E-state index is 13.8. The lowest BCUT2D eigenvalue weighted by molar-refractivity contribution is 0.186. The molecule has 0 radical (unpaired) electrons. The Morgan fingerprint density at radius 1 is 1.05 bits per heavy atom. The number of aromatic nitrogens is 6. The van der Waals surface area contributed by atoms with Crippen LogP contribution in [0, 0.1) is 0 Å². The van der Waals surface area contributed by atoms with Crippen molar-refractivity contribution in [3.8, 4) is 17.3 Å². The number of fused-ring (bicyclic) bond motifs is 1. The van der Waals surface area contributed by atoms with Crippen molar-refractivity contribution in [1.82, 2.24) is 29.5 Å². The van der Waals surface area contributed by atoms with Crippen LogP contribution in [0.1, 0.15) is 55.1 Å². The van der Waals surface area contributed by atoms with Gasteiger partial charge in [0.2, 0.25) is 5.88 Å². The molecule has 2 fully saturated rings. The highest BCUT2D eigenvalue weighted by Crippen LogP contribution is 2.44. The van der Waals surface area contributed by atoms with Gasteiger partial charge in [-0.1, -0.05) is 19.1 Å². The van der Waals surface area contributed by atoms with Gasteiger partial charge in [0.05, 0.1) is 42.3 Å². The molecule has 4 aromatic rings. The molecule has 1 aliphatic heterocycles. The van der Waals surface area contributed by atoms with E-state index in [9.17, 15) is 13.2 Å². The average Bonchev–Trinajstić information content (AvgIpc) is 3.69. The van der Waals surface area contributed by atoms with E-state index in [0.29, 0.717) is 77.4 Å². The topological polar surface area (TPSA) is 139 Å². The SMILES string of the molecule is CCS(=O)(=O)c1ccc(CCc2nc3cnc(-c4c(OC)ncnc4C4CC4)nc3n([C@H]3CCOC3)c2=O)cc1. The van der Waals surface area contributed by atoms with E-state index in [0.717, 1.165) is 24.1 Å². The Morgan fingerprint density at radius 3 is 2.52 bits per heavy atom. The highest BCUT2D eigenvalue weighted by molar-refractivity contribution is 7.91. The molecule has 0 spiro atoms. The van der Waals surface area contributed by atoms with Crippen LogP contribution in [-0.4, -0.2) is 64.0 Å². The van der Waals surface area contributed by atoms with Crippen molar-refractivity contribution < 1.29 is 17.9 Å². The number of rotatable bonds is 9. The van der Waals surface area contributed by atoms with E-state index >= 15 is 0 Å². The summed E-state index contributed by atoms with van der Waals surface area (Å²) in [6.45, 7) is 2.60. The predicted molar refractivity (Wildman–Crippen MR) is 147 cm³/mol. The molecular formula is C28H30N6O5S. The van der Waals surface area contributed by atoms with Crippen molar-refractivity contribution in [3.05, 3.63) is 64.1 Å². The van der Waals surface area contributed by atoms with E-state index in [1.165, 1.54) is 6.33 Å². The third kappa shape index (κ3) is 4.97. The monoisotopic (exact) mass is 562 g/mol. The Morgan fingerprint density at radius 2 is 1.85 bits per heavy atom. The Labute approximate surface area is 231 Å². The fraction of sp³-hybridized carbons (Fsp3) is 0.429. The summed E-state index contributed by atoms with van der Waals surface area (Å²) in [4.78, 5) is 37.1. The van der Waals surface area contributed by atoms with Crippen molar-refractivity contribution in [2.24, 2.45) is 0 Å². The van der Waals surface area contributed by atoms with Gasteiger partial charge in [0, 0.05) is 12.5 Å². The summed E-state index contributed by atoms with van der Waals surface area (Å²) in [6.07, 6.45) is 6.81. The Kier molecular flexibility index (Phi) is 7.05. The van der Waals surface area contributed by atoms with E-state index in [-0.39, 0.29) is 17.4 Å². The lowest BCUT2D eigenvalue weighted by atomic mass is 10.1. The molecule has 12 heteroatoms. The number of nitrogens with zero attached hydrogens (tertiary/aromatic N) is 6. The molecule has 40 heavy (non-hydrogen) atoms. The summed E-state index contributed by atoms with van der Waals surface area (Å²) in [5, 5.41) is 0. The van der Waals surface area contributed by atoms with Crippen LogP contribution in [0.2, 0.25) is 0 Å². The van der Waals surface area contributed by atoms with Crippen LogP contribution in [0.15, 0.2) is 46.5 Å². The average molecular weight is 563 g/mol. The minimum atomic E-state index is -3.27. The summed E-state index contributed by atoms with van der Waals surface area (Å²) < 4.78 is 37.1. The van der Waals surface area contributed by atoms with Gasteiger partial charge in [-0.3, -0.25) is 9.36 Å². The van der Waals surface area contributed by atoms with Crippen molar-refractivity contribution in [2.75, 3.05) is 26.1 Å². The molecule has 11 nitrogen and oxygen atoms in total. The van der Waals surface area contributed by atoms with E-state index in [1.807, 2.05) is 0 Å². The van der Waals surface area contributed by atoms with Crippen LogP contribution in [0.4, 0.5) is 0 Å². The van der Waals surface area contributed by atoms with Crippen molar-refractivity contribution >= 4 is 21.0 Å². The quantitative estimate of drug-likeness (QED) is 0.299. The zero-order chi connectivity index (χ0) is 27.9. The number of sulfone groups is 1. The van der Waals surface area contributed by atoms with Crippen LogP contribution in [0.25, 0.3) is 22.6 Å². The molecule has 1 atom stereocenters. The third-order valence-corrected chi connectivity index (χ3v) is 9.26. The number of methoxy groups -OCH3 is 1. The van der Waals surface area contributed by atoms with Gasteiger partial charge in [0.15, 0.2) is 21.3 Å². The highest BCUT2D eigenvalue weighted by Gasteiger charge is 2.32. The van der Waals surface area contributed by atoms with Gasteiger partial charge in [-0.05, 0) is 49.8 Å². The molecule has 0 N–H and O–H groups in total. The van der Waals surface area contributed by atoms with Gasteiger partial charge in [0.1, 0.15) is 23.1 Å². The van der Waals surface area contributed by atoms with Crippen molar-refractivity contribution in [3.63, 3.8) is 0 Å². The summed E-state index contributed by atoms with van der Waals surface area (Å²) in [5.74, 6) is 1.16. The zero-order valence-electron chi connectivity index (χ0n) is 22.4. The lowest BCUT2D eigenvalue weighted by Gasteiger charge is -2.17. The van der Waals surface area contributed by atoms with E-state index in [4.69, 9.17) is 14.5 Å². The first-order chi connectivity index (χ1) is 19.4. The molecule has 0 amide bonds. The van der Waals surface area contributed by atoms with Gasteiger partial charge in [-0.2, -0.15) is 0 Å². The molecule has 1 aliphatic carbocycles. The first kappa shape index (κ1) is 26.5. The number of benzene rings is 1. The molecule has 0 bridgehead atoms. The van der Waals surface area contributed by atoms with Crippen LogP contribution in [0.5, 0.6) is 5.88 Å². The minimum absolute atomic E-state index is 0.0491. The highest BCUT2D eigenvalue weighted by atomic mass is 32.2.